The van der Waals surface area contributed by atoms with Gasteiger partial charge in [0.1, 0.15) is 0 Å². The molecule has 0 aromatic heterocycles. The van der Waals surface area contributed by atoms with E-state index in [0.717, 1.165) is 18.9 Å². The van der Waals surface area contributed by atoms with Gasteiger partial charge in [-0.3, -0.25) is 4.99 Å². The van der Waals surface area contributed by atoms with E-state index in [4.69, 9.17) is 0 Å². The molecular weight excluding hydrogens is 150 g/mol. The van der Waals surface area contributed by atoms with Crippen LogP contribution in [0.2, 0.25) is 0 Å². The average Bonchev–Trinajstić information content (AvgIpc) is 2.04. The summed E-state index contributed by atoms with van der Waals surface area (Å²) >= 11 is 0. The van der Waals surface area contributed by atoms with Crippen molar-refractivity contribution in [2.75, 3.05) is 20.6 Å². The molecule has 0 saturated heterocycles. The van der Waals surface area contributed by atoms with Gasteiger partial charge < -0.3 is 10.6 Å². The van der Waals surface area contributed by atoms with Crippen LogP contribution in [0.4, 0.5) is 0 Å². The predicted octanol–water partition coefficient (Wildman–Crippen LogP) is 1.14. The summed E-state index contributed by atoms with van der Waals surface area (Å²) in [5.41, 5.74) is 1.36. The number of hydrogen-bond acceptors (Lipinski definition) is 1. The highest BCUT2D eigenvalue weighted by atomic mass is 15.1. The Kier molecular flexibility index (Phi) is 6.15. The molecule has 0 aromatic carbocycles. The summed E-state index contributed by atoms with van der Waals surface area (Å²) in [5.74, 6) is 0.845. The van der Waals surface area contributed by atoms with Crippen LogP contribution in [-0.4, -0.2) is 26.6 Å². The summed E-state index contributed by atoms with van der Waals surface area (Å²) in [6.45, 7) is 5.14. The molecule has 0 aliphatic carbocycles. The monoisotopic (exact) mass is 169 g/mol. The van der Waals surface area contributed by atoms with Gasteiger partial charge in [-0.2, -0.15) is 0 Å². The summed E-state index contributed by atoms with van der Waals surface area (Å²) in [5, 5.41) is 6.13. The molecule has 0 aliphatic heterocycles. The standard InChI is InChI=1S/C9H19N3/c1-8(2)6-5-7-12-9(10-3)11-4/h6H,5,7H2,1-4H3,(H2,10,11,12). The van der Waals surface area contributed by atoms with Gasteiger partial charge in [-0.05, 0) is 20.3 Å². The maximum atomic E-state index is 4.00. The molecule has 0 aromatic rings. The van der Waals surface area contributed by atoms with Crippen LogP contribution in [0.25, 0.3) is 0 Å². The van der Waals surface area contributed by atoms with E-state index in [1.54, 1.807) is 7.05 Å². The molecule has 2 N–H and O–H groups in total. The van der Waals surface area contributed by atoms with Crippen molar-refractivity contribution in [3.63, 3.8) is 0 Å². The third-order valence-electron chi connectivity index (χ3n) is 1.45. The zero-order chi connectivity index (χ0) is 9.40. The van der Waals surface area contributed by atoms with Gasteiger partial charge in [0.05, 0.1) is 0 Å². The fourth-order valence-electron chi connectivity index (χ4n) is 0.831. The Morgan fingerprint density at radius 3 is 2.50 bits per heavy atom. The van der Waals surface area contributed by atoms with Crippen molar-refractivity contribution < 1.29 is 0 Å². The maximum absolute atomic E-state index is 4.00. The van der Waals surface area contributed by atoms with Crippen LogP contribution >= 0.6 is 0 Å². The highest BCUT2D eigenvalue weighted by Gasteiger charge is 1.89. The minimum absolute atomic E-state index is 0.845. The predicted molar refractivity (Wildman–Crippen MR) is 54.5 cm³/mol. The lowest BCUT2D eigenvalue weighted by Crippen LogP contribution is -2.34. The molecule has 0 fully saturated rings. The summed E-state index contributed by atoms with van der Waals surface area (Å²) in [4.78, 5) is 4.00. The highest BCUT2D eigenvalue weighted by Crippen LogP contribution is 1.90. The first-order valence-electron chi connectivity index (χ1n) is 4.22. The zero-order valence-corrected chi connectivity index (χ0v) is 8.44. The minimum atomic E-state index is 0.845. The van der Waals surface area contributed by atoms with Crippen molar-refractivity contribution in [1.82, 2.24) is 10.6 Å². The van der Waals surface area contributed by atoms with Crippen LogP contribution in [0, 0.1) is 0 Å². The number of rotatable bonds is 3. The smallest absolute Gasteiger partial charge is 0.190 e. The fraction of sp³-hybridized carbons (Fsp3) is 0.667. The van der Waals surface area contributed by atoms with Crippen LogP contribution in [0.3, 0.4) is 0 Å². The Bertz CT molecular complexity index is 167. The average molecular weight is 169 g/mol. The van der Waals surface area contributed by atoms with Gasteiger partial charge in [0.15, 0.2) is 5.96 Å². The van der Waals surface area contributed by atoms with Gasteiger partial charge in [0.2, 0.25) is 0 Å². The second kappa shape index (κ2) is 6.70. The van der Waals surface area contributed by atoms with Crippen molar-refractivity contribution >= 4 is 5.96 Å². The van der Waals surface area contributed by atoms with E-state index in [1.807, 2.05) is 7.05 Å². The lowest BCUT2D eigenvalue weighted by Gasteiger charge is -2.06. The molecule has 70 valence electrons. The number of hydrogen-bond donors (Lipinski definition) is 2. The Morgan fingerprint density at radius 1 is 1.42 bits per heavy atom. The number of allylic oxidation sites excluding steroid dienone is 1. The number of guanidine groups is 1. The third kappa shape index (κ3) is 5.77. The number of aliphatic imine (C=N–C) groups is 1. The van der Waals surface area contributed by atoms with Crippen LogP contribution < -0.4 is 10.6 Å². The summed E-state index contributed by atoms with van der Waals surface area (Å²) in [6, 6.07) is 0. The van der Waals surface area contributed by atoms with Gasteiger partial charge in [-0.25, -0.2) is 0 Å². The van der Waals surface area contributed by atoms with Crippen LogP contribution in [-0.2, 0) is 0 Å². The molecule has 3 heteroatoms. The van der Waals surface area contributed by atoms with Gasteiger partial charge in [0.25, 0.3) is 0 Å². The van der Waals surface area contributed by atoms with E-state index in [9.17, 15) is 0 Å². The molecule has 0 radical (unpaired) electrons. The first-order chi connectivity index (χ1) is 5.70. The minimum Gasteiger partial charge on any atom is -0.359 e. The Hall–Kier alpha value is -0.990. The van der Waals surface area contributed by atoms with Gasteiger partial charge in [0, 0.05) is 20.6 Å². The Balaban J connectivity index is 3.49. The normalized spacial score (nSPS) is 10.8. The van der Waals surface area contributed by atoms with Crippen LogP contribution in [0.15, 0.2) is 16.6 Å². The van der Waals surface area contributed by atoms with E-state index in [0.29, 0.717) is 0 Å². The van der Waals surface area contributed by atoms with E-state index >= 15 is 0 Å². The number of nitrogens with one attached hydrogen (secondary N) is 2. The summed E-state index contributed by atoms with van der Waals surface area (Å²) in [7, 11) is 3.62. The van der Waals surface area contributed by atoms with Crippen molar-refractivity contribution in [3.05, 3.63) is 11.6 Å². The number of nitrogens with zero attached hydrogens (tertiary/aromatic N) is 1. The first kappa shape index (κ1) is 11.0. The van der Waals surface area contributed by atoms with Crippen LogP contribution in [0.5, 0.6) is 0 Å². The van der Waals surface area contributed by atoms with Crippen molar-refractivity contribution in [2.45, 2.75) is 20.3 Å². The molecular formula is C9H19N3. The van der Waals surface area contributed by atoms with Gasteiger partial charge in [-0.15, -0.1) is 0 Å². The zero-order valence-electron chi connectivity index (χ0n) is 8.44. The molecule has 0 bridgehead atoms. The van der Waals surface area contributed by atoms with E-state index in [-0.39, 0.29) is 0 Å². The SMILES string of the molecule is CN=C(NC)NCCC=C(C)C. The van der Waals surface area contributed by atoms with Crippen molar-refractivity contribution in [2.24, 2.45) is 4.99 Å². The topological polar surface area (TPSA) is 36.4 Å². The van der Waals surface area contributed by atoms with Gasteiger partial charge >= 0.3 is 0 Å². The lowest BCUT2D eigenvalue weighted by atomic mass is 10.3. The molecule has 0 spiro atoms. The third-order valence-corrected chi connectivity index (χ3v) is 1.45. The second-order valence-electron chi connectivity index (χ2n) is 2.82. The molecule has 0 amide bonds. The Labute approximate surface area is 75.0 Å². The molecule has 0 saturated carbocycles. The Morgan fingerprint density at radius 2 is 2.08 bits per heavy atom. The summed E-state index contributed by atoms with van der Waals surface area (Å²) in [6.07, 6.45) is 3.25. The molecule has 3 nitrogen and oxygen atoms in total. The lowest BCUT2D eigenvalue weighted by molar-refractivity contribution is 0.847. The molecule has 12 heavy (non-hydrogen) atoms. The quantitative estimate of drug-likeness (QED) is 0.288. The highest BCUT2D eigenvalue weighted by molar-refractivity contribution is 5.79. The largest absolute Gasteiger partial charge is 0.359 e. The molecule has 0 aliphatic rings. The van der Waals surface area contributed by atoms with E-state index < -0.39 is 0 Å². The molecule has 0 heterocycles. The van der Waals surface area contributed by atoms with Crippen molar-refractivity contribution in [3.8, 4) is 0 Å². The molecule has 0 rings (SSSR count). The molecule has 0 unspecified atom stereocenters. The maximum Gasteiger partial charge on any atom is 0.190 e. The first-order valence-corrected chi connectivity index (χ1v) is 4.22. The fourth-order valence-corrected chi connectivity index (χ4v) is 0.831. The van der Waals surface area contributed by atoms with Crippen molar-refractivity contribution in [1.29, 1.82) is 0 Å². The molecule has 0 atom stereocenters. The van der Waals surface area contributed by atoms with Crippen LogP contribution in [0.1, 0.15) is 20.3 Å². The summed E-state index contributed by atoms with van der Waals surface area (Å²) < 4.78 is 0. The van der Waals surface area contributed by atoms with E-state index in [2.05, 4.69) is 35.5 Å². The second-order valence-corrected chi connectivity index (χ2v) is 2.82. The van der Waals surface area contributed by atoms with Gasteiger partial charge in [-0.1, -0.05) is 11.6 Å². The van der Waals surface area contributed by atoms with E-state index in [1.165, 1.54) is 5.57 Å².